The van der Waals surface area contributed by atoms with Gasteiger partial charge in [0.05, 0.1) is 63.5 Å². The number of amides is 2. The second kappa shape index (κ2) is 41.3. The Labute approximate surface area is 790 Å². The molecular formula is C96H111BBrF6N18O10W-. The summed E-state index contributed by atoms with van der Waals surface area (Å²) in [5, 5.41) is 58.9. The first-order valence-electron chi connectivity index (χ1n) is 43.5. The van der Waals surface area contributed by atoms with Crippen LogP contribution in [0.1, 0.15) is 171 Å². The minimum absolute atomic E-state index is 0. The van der Waals surface area contributed by atoms with E-state index in [9.17, 15) is 35.9 Å². The Balaban J connectivity index is 0.000000154. The van der Waals surface area contributed by atoms with Crippen LogP contribution in [0.25, 0.3) is 77.6 Å². The minimum atomic E-state index is -5.08. The number of aromatic amines is 3. The van der Waals surface area contributed by atoms with Gasteiger partial charge in [-0.05, 0) is 275 Å². The van der Waals surface area contributed by atoms with E-state index in [2.05, 4.69) is 234 Å². The SMILES string of the molecule is CC(C)(C)OC(=O)N1CC=C(B2OC(C)(C)C(C)(C)O2)CC1.Cc1nnn2c1-c1ccc(Br)cc1C(Nc1ccc3cc[nH]c3c1)CC2.Cc1nnn2c1-c1ccc(C3=CCN(C(=O)OC(C)(C)C)CC3)cc1C(Nc1ccc3cc[nH]c3c1)CC2.Cc1nnn2c1-c1ccc(C3=CCNCC3)cc1C(Nc1ccc3cc[nH]c3c1)CC2.O=C(O)C(F)(F)F.O=C(O)C(F)(F)F.[CH3-].[W]. The number of aryl methyl sites for hydroxylation is 6. The van der Waals surface area contributed by atoms with Crippen LogP contribution in [0.5, 0.6) is 0 Å². The molecule has 37 heteroatoms. The van der Waals surface area contributed by atoms with E-state index in [1.807, 2.05) is 117 Å². The molecule has 0 radical (unpaired) electrons. The normalized spacial score (nSPS) is 17.6. The number of carboxylic acids is 2. The van der Waals surface area contributed by atoms with Crippen LogP contribution in [0.15, 0.2) is 174 Å². The van der Waals surface area contributed by atoms with E-state index in [1.54, 1.807) is 9.80 Å². The number of fused-ring (bicyclic) bond motifs is 12. The minimum Gasteiger partial charge on any atom is -0.475 e. The maximum absolute atomic E-state index is 12.5. The van der Waals surface area contributed by atoms with Crippen LogP contribution >= 0.6 is 15.9 Å². The summed E-state index contributed by atoms with van der Waals surface area (Å²) in [6.07, 6.45) is 7.14. The van der Waals surface area contributed by atoms with Crippen molar-refractivity contribution in [1.29, 1.82) is 0 Å². The predicted octanol–water partition coefficient (Wildman–Crippen LogP) is 20.9. The second-order valence-corrected chi connectivity index (χ2v) is 37.0. The summed E-state index contributed by atoms with van der Waals surface area (Å²) < 4.78 is 93.8. The Hall–Kier alpha value is -11.8. The van der Waals surface area contributed by atoms with E-state index in [0.29, 0.717) is 26.2 Å². The molecule has 13 heterocycles. The second-order valence-electron chi connectivity index (χ2n) is 36.1. The summed E-state index contributed by atoms with van der Waals surface area (Å²) in [6, 6.07) is 46.3. The number of halogens is 7. The van der Waals surface area contributed by atoms with Crippen molar-refractivity contribution in [3.8, 4) is 33.8 Å². The fourth-order valence-corrected chi connectivity index (χ4v) is 17.0. The molecule has 3 atom stereocenters. The van der Waals surface area contributed by atoms with Gasteiger partial charge in [0.25, 0.3) is 0 Å². The predicted molar refractivity (Wildman–Crippen MR) is 502 cm³/mol. The number of aromatic nitrogens is 12. The number of anilines is 3. The van der Waals surface area contributed by atoms with Crippen LogP contribution in [0.2, 0.25) is 0 Å². The van der Waals surface area contributed by atoms with Crippen LogP contribution in [0, 0.1) is 28.2 Å². The molecule has 1 fully saturated rings. The molecule has 6 aromatic carbocycles. The molecule has 0 aliphatic carbocycles. The topological polar surface area (TPSA) is 340 Å². The van der Waals surface area contributed by atoms with Gasteiger partial charge in [-0.15, -0.1) is 15.3 Å². The average Bonchev–Trinajstić information content (AvgIpc) is 1.66. The molecule has 7 aliphatic rings. The molecule has 12 aromatic rings. The molecule has 704 valence electrons. The smallest absolute Gasteiger partial charge is 0.475 e. The van der Waals surface area contributed by atoms with Crippen LogP contribution in [0.3, 0.4) is 0 Å². The number of hydrogen-bond donors (Lipinski definition) is 9. The Kier molecular flexibility index (Phi) is 31.1. The quantitative estimate of drug-likeness (QED) is 0.0368. The number of alkyl halides is 6. The maximum atomic E-state index is 12.5. The van der Waals surface area contributed by atoms with Crippen molar-refractivity contribution in [2.75, 3.05) is 55.2 Å². The van der Waals surface area contributed by atoms with Gasteiger partial charge in [0.2, 0.25) is 0 Å². The third-order valence-corrected chi connectivity index (χ3v) is 24.4. The van der Waals surface area contributed by atoms with E-state index in [0.717, 1.165) is 149 Å². The number of carboxylic acid groups (broad SMARTS) is 2. The van der Waals surface area contributed by atoms with Gasteiger partial charge in [-0.1, -0.05) is 98.3 Å². The zero-order valence-corrected chi connectivity index (χ0v) is 81.2. The van der Waals surface area contributed by atoms with Crippen molar-refractivity contribution < 1.29 is 95.6 Å². The molecule has 19 rings (SSSR count). The summed E-state index contributed by atoms with van der Waals surface area (Å²) in [5.74, 6) is -5.51. The summed E-state index contributed by atoms with van der Waals surface area (Å²) in [6.45, 7) is 32.4. The Morgan fingerprint density at radius 2 is 0.850 bits per heavy atom. The van der Waals surface area contributed by atoms with Gasteiger partial charge >= 0.3 is 43.6 Å². The Bertz CT molecular complexity index is 6260. The molecule has 9 N–H and O–H groups in total. The number of nitrogens with one attached hydrogen (secondary N) is 7. The average molecular weight is 2070 g/mol. The van der Waals surface area contributed by atoms with Gasteiger partial charge < -0.3 is 82.4 Å². The molecule has 6 aromatic heterocycles. The number of rotatable bonds is 9. The third kappa shape index (κ3) is 24.2. The maximum Gasteiger partial charge on any atom is 0.490 e. The van der Waals surface area contributed by atoms with Crippen molar-refractivity contribution in [2.45, 2.75) is 201 Å². The number of carbonyl (C=O) groups excluding carboxylic acids is 2. The van der Waals surface area contributed by atoms with Crippen LogP contribution < -0.4 is 21.3 Å². The van der Waals surface area contributed by atoms with Gasteiger partial charge in [-0.2, -0.15) is 26.3 Å². The Morgan fingerprint density at radius 1 is 0.489 bits per heavy atom. The Morgan fingerprint density at radius 3 is 1.19 bits per heavy atom. The number of aliphatic carboxylic acids is 2. The van der Waals surface area contributed by atoms with Crippen molar-refractivity contribution in [3.63, 3.8) is 0 Å². The first kappa shape index (κ1) is 100. The largest absolute Gasteiger partial charge is 0.490 e. The van der Waals surface area contributed by atoms with Crippen molar-refractivity contribution >= 4 is 108 Å². The van der Waals surface area contributed by atoms with E-state index in [1.165, 1.54) is 71.8 Å². The molecule has 28 nitrogen and oxygen atoms in total. The molecule has 0 bridgehead atoms. The van der Waals surface area contributed by atoms with Crippen molar-refractivity contribution in [3.05, 3.63) is 226 Å². The standard InChI is InChI=1S/C30H34N6O2.C25H26N6.C20H18BrN5.C16H28BNO4.2C2HF3O2.CH3.W/c1-19-28-24-8-6-22(20-10-14-35(15-11-20)29(37)38-30(2,3)4)17-25(24)26(12-16-36(28)34-33-19)32-23-7-5-21-9-13-31-27(21)18-23;1-16-25-21-5-3-19(17-6-10-26-11-7-17)14-22(21)23(9-13-31(25)30-29-16)28-20-4-2-18-8-12-27-24(18)15-20;1-12-20-16-5-3-14(21)10-17(16)18(7-9-26(20)25-24-12)23-15-4-2-13-6-8-22-19(13)11-15;1-14(2,3)20-13(19)18-10-8-12(9-11-18)17-21-15(4,5)16(6,7)22-17;2*3-2(4,5)1(6)7;;/h5-10,13,17-18,26,31-32H,11-12,14-16H2,1-4H3;2-6,8,12,14-15,23,26-28H,7,9-11,13H2,1H3;2-6,8,10-11,18,22-23H,7,9H2,1H3;8H,9-11H2,1-7H3;2*(H,6,7);1H3;/q;;;;;;-1;. The van der Waals surface area contributed by atoms with Gasteiger partial charge in [0.15, 0.2) is 0 Å². The summed E-state index contributed by atoms with van der Waals surface area (Å²) in [7, 11) is -0.314. The van der Waals surface area contributed by atoms with E-state index < -0.39 is 35.5 Å². The molecule has 0 spiro atoms. The number of carbonyl (C=O) groups is 4. The molecule has 133 heavy (non-hydrogen) atoms. The van der Waals surface area contributed by atoms with E-state index >= 15 is 0 Å². The van der Waals surface area contributed by atoms with Gasteiger partial charge in [0.1, 0.15) is 11.2 Å². The summed E-state index contributed by atoms with van der Waals surface area (Å²) in [4.78, 5) is 55.8. The van der Waals surface area contributed by atoms with Crippen molar-refractivity contribution in [1.82, 2.24) is 75.1 Å². The zero-order valence-electron chi connectivity index (χ0n) is 76.6. The molecule has 2 amide bonds. The number of hydrogen-bond acceptors (Lipinski definition) is 18. The molecule has 0 saturated carbocycles. The molecule has 3 unspecified atom stereocenters. The summed E-state index contributed by atoms with van der Waals surface area (Å²) >= 11 is 3.63. The van der Waals surface area contributed by atoms with Crippen LogP contribution in [0.4, 0.5) is 53.0 Å². The van der Waals surface area contributed by atoms with Gasteiger partial charge in [-0.25, -0.2) is 33.2 Å². The zero-order chi connectivity index (χ0) is 93.8. The van der Waals surface area contributed by atoms with E-state index in [-0.39, 0.29) is 77.1 Å². The fourth-order valence-electron chi connectivity index (χ4n) is 16.6. The van der Waals surface area contributed by atoms with Crippen molar-refractivity contribution in [2.24, 2.45) is 0 Å². The first-order valence-corrected chi connectivity index (χ1v) is 44.3. The van der Waals surface area contributed by atoms with Gasteiger partial charge in [0, 0.05) is 147 Å². The molecule has 1 saturated heterocycles. The number of nitrogens with zero attached hydrogens (tertiary/aromatic N) is 11. The number of H-pyrrole nitrogens is 3. The number of benzene rings is 6. The van der Waals surface area contributed by atoms with Crippen LogP contribution in [-0.4, -0.2) is 185 Å². The summed E-state index contributed by atoms with van der Waals surface area (Å²) in [5.41, 5.74) is 25.1. The molecular weight excluding hydrogens is 1950 g/mol. The van der Waals surface area contributed by atoms with Gasteiger partial charge in [-0.3, -0.25) is 0 Å². The first-order chi connectivity index (χ1) is 62.0. The monoisotopic (exact) mass is 2060 g/mol. The van der Waals surface area contributed by atoms with Crippen LogP contribution in [-0.2, 0) is 69.1 Å². The fraction of sp³-hybridized carbons (Fsp3) is 0.385. The third-order valence-electron chi connectivity index (χ3n) is 23.9. The molecule has 7 aliphatic heterocycles. The number of ether oxygens (including phenoxy) is 2. The van der Waals surface area contributed by atoms with E-state index in [4.69, 9.17) is 38.6 Å².